The molecule has 0 radical (unpaired) electrons. The Kier molecular flexibility index (Phi) is 63.3. The number of carbonyl (C=O) groups is 3. The molecule has 452 valence electrons. The van der Waals surface area contributed by atoms with Crippen molar-refractivity contribution >= 4 is 17.9 Å². The molecule has 0 saturated heterocycles. The van der Waals surface area contributed by atoms with Crippen LogP contribution in [-0.4, -0.2) is 37.2 Å². The molecule has 0 bridgehead atoms. The first-order chi connectivity index (χ1) is 39.0. The van der Waals surface area contributed by atoms with Gasteiger partial charge in [-0.1, -0.05) is 278 Å². The lowest BCUT2D eigenvalue weighted by Crippen LogP contribution is -2.30. The molecule has 0 spiro atoms. The fourth-order valence-electron chi connectivity index (χ4n) is 9.24. The lowest BCUT2D eigenvalue weighted by molar-refractivity contribution is -0.167. The Hall–Kier alpha value is -3.93. The molecule has 0 aromatic heterocycles. The molecule has 0 aromatic carbocycles. The Morgan fingerprint density at radius 3 is 0.810 bits per heavy atom. The van der Waals surface area contributed by atoms with Gasteiger partial charge >= 0.3 is 17.9 Å². The normalized spacial score (nSPS) is 12.8. The van der Waals surface area contributed by atoms with E-state index in [0.717, 1.165) is 122 Å². The maximum atomic E-state index is 12.9. The fourth-order valence-corrected chi connectivity index (χ4v) is 9.24. The van der Waals surface area contributed by atoms with Crippen LogP contribution in [0.1, 0.15) is 316 Å². The van der Waals surface area contributed by atoms with E-state index in [2.05, 4.69) is 130 Å². The minimum Gasteiger partial charge on any atom is -0.462 e. The van der Waals surface area contributed by atoms with Gasteiger partial charge in [0.15, 0.2) is 6.10 Å². The third-order valence-electron chi connectivity index (χ3n) is 14.2. The van der Waals surface area contributed by atoms with Gasteiger partial charge < -0.3 is 14.2 Å². The summed E-state index contributed by atoms with van der Waals surface area (Å²) in [5.74, 6) is -0.916. The molecule has 0 N–H and O–H groups in total. The summed E-state index contributed by atoms with van der Waals surface area (Å²) in [5.41, 5.74) is 0. The molecule has 0 fully saturated rings. The summed E-state index contributed by atoms with van der Waals surface area (Å²) < 4.78 is 16.9. The highest BCUT2D eigenvalue weighted by Gasteiger charge is 2.19. The smallest absolute Gasteiger partial charge is 0.306 e. The molecule has 0 amide bonds. The van der Waals surface area contributed by atoms with Crippen LogP contribution < -0.4 is 0 Å². The number of carbonyl (C=O) groups excluding carboxylic acids is 3. The SMILES string of the molecule is CC/C=C\C/C=C\C/C=C\C/C=C\C/C=C\C/C=C\CCCCCCC(=O)OCC(COC(=O)CCCCCCCCC/C=C\C/C=C\CCCCC)OC(=O)CCCCCCCCCCC/C=C\CCCCCCCCCC. The second-order valence-corrected chi connectivity index (χ2v) is 22.0. The molecule has 0 aliphatic heterocycles. The monoisotopic (exact) mass is 1100 g/mol. The van der Waals surface area contributed by atoms with Crippen LogP contribution in [0.15, 0.2) is 109 Å². The summed E-state index contributed by atoms with van der Waals surface area (Å²) in [6.07, 6.45) is 90.9. The van der Waals surface area contributed by atoms with Crippen molar-refractivity contribution in [3.05, 3.63) is 109 Å². The number of unbranched alkanes of at least 4 members (excludes halogenated alkanes) is 31. The van der Waals surface area contributed by atoms with Crippen LogP contribution in [0.5, 0.6) is 0 Å². The zero-order valence-corrected chi connectivity index (χ0v) is 51.9. The van der Waals surface area contributed by atoms with Crippen LogP contribution in [0.25, 0.3) is 0 Å². The molecule has 1 atom stereocenters. The lowest BCUT2D eigenvalue weighted by Gasteiger charge is -2.18. The van der Waals surface area contributed by atoms with Crippen molar-refractivity contribution in [2.24, 2.45) is 0 Å². The summed E-state index contributed by atoms with van der Waals surface area (Å²) in [6.45, 7) is 6.50. The zero-order chi connectivity index (χ0) is 57.1. The molecule has 6 heteroatoms. The molecule has 0 heterocycles. The average Bonchev–Trinajstić information content (AvgIpc) is 3.45. The summed E-state index contributed by atoms with van der Waals surface area (Å²) >= 11 is 0. The molecule has 0 aliphatic carbocycles. The van der Waals surface area contributed by atoms with Gasteiger partial charge in [0, 0.05) is 19.3 Å². The van der Waals surface area contributed by atoms with Crippen LogP contribution in [0.4, 0.5) is 0 Å². The van der Waals surface area contributed by atoms with Gasteiger partial charge in [-0.15, -0.1) is 0 Å². The van der Waals surface area contributed by atoms with E-state index in [9.17, 15) is 14.4 Å². The van der Waals surface area contributed by atoms with Gasteiger partial charge in [-0.2, -0.15) is 0 Å². The number of esters is 3. The molecule has 1 unspecified atom stereocenters. The van der Waals surface area contributed by atoms with Crippen LogP contribution in [0, 0.1) is 0 Å². The molecule has 6 nitrogen and oxygen atoms in total. The van der Waals surface area contributed by atoms with Crippen LogP contribution in [-0.2, 0) is 28.6 Å². The Balaban J connectivity index is 4.44. The fraction of sp³-hybridized carbons (Fsp3) is 0.712. The highest BCUT2D eigenvalue weighted by Crippen LogP contribution is 2.16. The second kappa shape index (κ2) is 66.6. The number of ether oxygens (including phenoxy) is 3. The van der Waals surface area contributed by atoms with Gasteiger partial charge in [0.25, 0.3) is 0 Å². The number of allylic oxidation sites excluding steroid dienone is 18. The Labute approximate surface area is 489 Å². The van der Waals surface area contributed by atoms with Crippen molar-refractivity contribution < 1.29 is 28.6 Å². The Morgan fingerprint density at radius 2 is 0.494 bits per heavy atom. The number of hydrogen-bond donors (Lipinski definition) is 0. The predicted molar refractivity (Wildman–Crippen MR) is 343 cm³/mol. The van der Waals surface area contributed by atoms with E-state index in [1.165, 1.54) is 154 Å². The van der Waals surface area contributed by atoms with E-state index in [1.54, 1.807) is 0 Å². The van der Waals surface area contributed by atoms with Crippen LogP contribution >= 0.6 is 0 Å². The number of hydrogen-bond acceptors (Lipinski definition) is 6. The molecule has 0 aliphatic rings. The molecule has 79 heavy (non-hydrogen) atoms. The molecule has 0 saturated carbocycles. The second-order valence-electron chi connectivity index (χ2n) is 22.0. The molecular formula is C73H124O6. The van der Waals surface area contributed by atoms with Crippen molar-refractivity contribution in [3.63, 3.8) is 0 Å². The molecule has 0 rings (SSSR count). The van der Waals surface area contributed by atoms with E-state index in [-0.39, 0.29) is 31.1 Å². The van der Waals surface area contributed by atoms with Crippen molar-refractivity contribution in [1.29, 1.82) is 0 Å². The van der Waals surface area contributed by atoms with Crippen molar-refractivity contribution in [2.75, 3.05) is 13.2 Å². The van der Waals surface area contributed by atoms with Gasteiger partial charge in [-0.25, -0.2) is 0 Å². The molecular weight excluding hydrogens is 973 g/mol. The van der Waals surface area contributed by atoms with Crippen molar-refractivity contribution in [3.8, 4) is 0 Å². The van der Waals surface area contributed by atoms with E-state index in [4.69, 9.17) is 14.2 Å². The van der Waals surface area contributed by atoms with Crippen LogP contribution in [0.3, 0.4) is 0 Å². The summed E-state index contributed by atoms with van der Waals surface area (Å²) in [4.78, 5) is 38.4. The van der Waals surface area contributed by atoms with Crippen molar-refractivity contribution in [2.45, 2.75) is 322 Å². The first-order valence-corrected chi connectivity index (χ1v) is 33.4. The average molecular weight is 1100 g/mol. The lowest BCUT2D eigenvalue weighted by atomic mass is 10.1. The maximum Gasteiger partial charge on any atom is 0.306 e. The van der Waals surface area contributed by atoms with Gasteiger partial charge in [-0.3, -0.25) is 14.4 Å². The Bertz CT molecular complexity index is 1590. The maximum absolute atomic E-state index is 12.9. The quantitative estimate of drug-likeness (QED) is 0.0261. The largest absolute Gasteiger partial charge is 0.462 e. The third kappa shape index (κ3) is 64.8. The minimum atomic E-state index is -0.797. The topological polar surface area (TPSA) is 78.9 Å². The predicted octanol–water partition coefficient (Wildman–Crippen LogP) is 23.0. The summed E-state index contributed by atoms with van der Waals surface area (Å²) in [5, 5.41) is 0. The summed E-state index contributed by atoms with van der Waals surface area (Å²) in [6, 6.07) is 0. The zero-order valence-electron chi connectivity index (χ0n) is 51.9. The van der Waals surface area contributed by atoms with E-state index < -0.39 is 6.10 Å². The van der Waals surface area contributed by atoms with E-state index in [1.807, 2.05) is 0 Å². The summed E-state index contributed by atoms with van der Waals surface area (Å²) in [7, 11) is 0. The van der Waals surface area contributed by atoms with Gasteiger partial charge in [0.2, 0.25) is 0 Å². The third-order valence-corrected chi connectivity index (χ3v) is 14.2. The minimum absolute atomic E-state index is 0.0915. The number of rotatable bonds is 60. The van der Waals surface area contributed by atoms with E-state index >= 15 is 0 Å². The van der Waals surface area contributed by atoms with Gasteiger partial charge in [0.05, 0.1) is 0 Å². The first-order valence-electron chi connectivity index (χ1n) is 33.4. The van der Waals surface area contributed by atoms with Gasteiger partial charge in [-0.05, 0) is 128 Å². The van der Waals surface area contributed by atoms with Crippen LogP contribution in [0.2, 0.25) is 0 Å². The first kappa shape index (κ1) is 75.1. The standard InChI is InChI=1S/C73H124O6/c1-4-7-10-13-16-19-22-25-28-31-33-35-36-38-39-42-45-48-51-54-57-60-63-66-72(75)78-69-70(68-77-71(74)65-62-59-56-53-50-47-44-41-30-27-24-21-18-15-12-9-6-3)79-73(76)67-64-61-58-55-52-49-46-43-40-37-34-32-29-26-23-20-17-14-11-8-5-2/h7,10,16,18-19,21,25,27-28,30,32-35,38-39,45,48,70H,4-6,8-9,11-15,17,20,22-24,26,29,31,36-37,40-44,46-47,49-69H2,1-3H3/b10-7-,19-16-,21-18-,28-25-,30-27-,34-32-,35-33-,39-38-,48-45-. The highest BCUT2D eigenvalue weighted by molar-refractivity contribution is 5.71. The Morgan fingerprint density at radius 1 is 0.266 bits per heavy atom. The van der Waals surface area contributed by atoms with E-state index in [0.29, 0.717) is 19.3 Å². The highest BCUT2D eigenvalue weighted by atomic mass is 16.6. The molecule has 0 aromatic rings. The van der Waals surface area contributed by atoms with Gasteiger partial charge in [0.1, 0.15) is 13.2 Å². The van der Waals surface area contributed by atoms with Crippen molar-refractivity contribution in [1.82, 2.24) is 0 Å².